The number of nitro benzene ring substituents is 1. The van der Waals surface area contributed by atoms with Crippen LogP contribution in [0.25, 0.3) is 0 Å². The molecule has 0 bridgehead atoms. The molecule has 0 aliphatic rings. The van der Waals surface area contributed by atoms with Crippen LogP contribution in [0.2, 0.25) is 10.0 Å². The number of thiocarbonyl (C=S) groups is 1. The molecular formula is C16H15Cl2N3O4S. The van der Waals surface area contributed by atoms with Crippen LogP contribution in [0.4, 0.5) is 17.1 Å². The van der Waals surface area contributed by atoms with Gasteiger partial charge in [0, 0.05) is 11.1 Å². The number of anilines is 2. The Balaban J connectivity index is 2.23. The lowest BCUT2D eigenvalue weighted by molar-refractivity contribution is -0.384. The summed E-state index contributed by atoms with van der Waals surface area (Å²) in [6.45, 7) is 1.87. The lowest BCUT2D eigenvalue weighted by Gasteiger charge is -2.16. The summed E-state index contributed by atoms with van der Waals surface area (Å²) in [7, 11) is 1.38. The third kappa shape index (κ3) is 4.27. The highest BCUT2D eigenvalue weighted by Crippen LogP contribution is 2.39. The van der Waals surface area contributed by atoms with Gasteiger partial charge in [0.25, 0.3) is 5.69 Å². The summed E-state index contributed by atoms with van der Waals surface area (Å²) in [5.41, 5.74) is 1.16. The van der Waals surface area contributed by atoms with Gasteiger partial charge in [-0.05, 0) is 36.3 Å². The average molecular weight is 416 g/mol. The summed E-state index contributed by atoms with van der Waals surface area (Å²) in [6.07, 6.45) is 0.564. The molecule has 0 heterocycles. The third-order valence-electron chi connectivity index (χ3n) is 3.53. The predicted molar refractivity (Wildman–Crippen MR) is 107 cm³/mol. The van der Waals surface area contributed by atoms with Crippen molar-refractivity contribution in [3.63, 3.8) is 0 Å². The molecule has 0 amide bonds. The van der Waals surface area contributed by atoms with Crippen LogP contribution >= 0.6 is 35.4 Å². The molecule has 0 fully saturated rings. The maximum Gasteiger partial charge on any atom is 0.273 e. The lowest BCUT2D eigenvalue weighted by atomic mass is 10.1. The van der Waals surface area contributed by atoms with E-state index in [2.05, 4.69) is 10.6 Å². The van der Waals surface area contributed by atoms with Gasteiger partial charge in [-0.2, -0.15) is 0 Å². The van der Waals surface area contributed by atoms with Gasteiger partial charge in [0.1, 0.15) is 5.75 Å². The van der Waals surface area contributed by atoms with E-state index in [-0.39, 0.29) is 33.0 Å². The van der Waals surface area contributed by atoms with E-state index in [1.165, 1.54) is 31.4 Å². The van der Waals surface area contributed by atoms with Gasteiger partial charge in [-0.1, -0.05) is 30.1 Å². The monoisotopic (exact) mass is 415 g/mol. The number of non-ortho nitro benzene ring substituents is 1. The Morgan fingerprint density at radius 2 is 1.96 bits per heavy atom. The van der Waals surface area contributed by atoms with E-state index in [0.717, 1.165) is 0 Å². The van der Waals surface area contributed by atoms with Crippen LogP contribution in [0.1, 0.15) is 12.5 Å². The molecular weight excluding hydrogens is 401 g/mol. The van der Waals surface area contributed by atoms with Gasteiger partial charge in [-0.25, -0.2) is 0 Å². The number of hydrogen-bond donors (Lipinski definition) is 3. The summed E-state index contributed by atoms with van der Waals surface area (Å²) in [5, 5.41) is 27.3. The Morgan fingerprint density at radius 1 is 1.31 bits per heavy atom. The largest absolute Gasteiger partial charge is 0.504 e. The first-order chi connectivity index (χ1) is 12.3. The van der Waals surface area contributed by atoms with E-state index >= 15 is 0 Å². The van der Waals surface area contributed by atoms with E-state index in [1.807, 2.05) is 6.92 Å². The molecule has 0 unspecified atom stereocenters. The van der Waals surface area contributed by atoms with Crippen LogP contribution in [0, 0.1) is 10.1 Å². The van der Waals surface area contributed by atoms with Crippen molar-refractivity contribution >= 4 is 57.6 Å². The van der Waals surface area contributed by atoms with Crippen molar-refractivity contribution < 1.29 is 14.8 Å². The van der Waals surface area contributed by atoms with E-state index in [0.29, 0.717) is 22.7 Å². The number of phenolic OH excluding ortho intramolecular Hbond substituents is 1. The summed E-state index contributed by atoms with van der Waals surface area (Å²) in [4.78, 5) is 10.3. The fourth-order valence-electron chi connectivity index (χ4n) is 2.24. The number of rotatable bonds is 5. The number of nitro groups is 1. The third-order valence-corrected chi connectivity index (χ3v) is 4.48. The van der Waals surface area contributed by atoms with Gasteiger partial charge in [0.15, 0.2) is 10.9 Å². The number of hydrogen-bond acceptors (Lipinski definition) is 5. The van der Waals surface area contributed by atoms with E-state index in [1.54, 1.807) is 0 Å². The summed E-state index contributed by atoms with van der Waals surface area (Å²) < 4.78 is 5.13. The Morgan fingerprint density at radius 3 is 2.54 bits per heavy atom. The van der Waals surface area contributed by atoms with Gasteiger partial charge in [-0.3, -0.25) is 10.1 Å². The molecule has 0 spiro atoms. The van der Waals surface area contributed by atoms with Gasteiger partial charge in [0.2, 0.25) is 0 Å². The molecule has 138 valence electrons. The van der Waals surface area contributed by atoms with Crippen molar-refractivity contribution in [3.8, 4) is 11.5 Å². The molecule has 26 heavy (non-hydrogen) atoms. The summed E-state index contributed by atoms with van der Waals surface area (Å²) >= 11 is 17.5. The lowest BCUT2D eigenvalue weighted by Crippen LogP contribution is -2.19. The van der Waals surface area contributed by atoms with Crippen LogP contribution in [0.3, 0.4) is 0 Å². The molecule has 0 radical (unpaired) electrons. The van der Waals surface area contributed by atoms with Crippen LogP contribution in [0.15, 0.2) is 24.3 Å². The number of nitrogens with one attached hydrogen (secondary N) is 2. The Hall–Kier alpha value is -2.29. The Bertz CT molecular complexity index is 877. The zero-order chi connectivity index (χ0) is 19.4. The normalized spacial score (nSPS) is 10.3. The number of phenols is 1. The second-order valence-corrected chi connectivity index (χ2v) is 6.31. The standard InChI is InChI=1S/C16H15Cl2N3O4S/c1-3-9-10(17)7-12(15(22)14(9)18)20-16(26)19-11-5-4-8(21(23)24)6-13(11)25-2/h4-7,22H,3H2,1-2H3,(H2,19,20,26). The first kappa shape index (κ1) is 20.0. The van der Waals surface area contributed by atoms with Crippen LogP contribution < -0.4 is 15.4 Å². The number of methoxy groups -OCH3 is 1. The van der Waals surface area contributed by atoms with Gasteiger partial charge in [0.05, 0.1) is 34.5 Å². The predicted octanol–water partition coefficient (Wildman–Crippen LogP) is 4.99. The molecule has 3 N–H and O–H groups in total. The molecule has 0 saturated carbocycles. The first-order valence-electron chi connectivity index (χ1n) is 7.38. The molecule has 0 aliphatic carbocycles. The van der Waals surface area contributed by atoms with Crippen molar-refractivity contribution in [3.05, 3.63) is 50.0 Å². The highest BCUT2D eigenvalue weighted by Gasteiger charge is 2.16. The number of ether oxygens (including phenoxy) is 1. The smallest absolute Gasteiger partial charge is 0.273 e. The van der Waals surface area contributed by atoms with Gasteiger partial charge >= 0.3 is 0 Å². The molecule has 2 rings (SSSR count). The highest BCUT2D eigenvalue weighted by atomic mass is 35.5. The molecule has 0 aliphatic heterocycles. The molecule has 0 aromatic heterocycles. The van der Waals surface area contributed by atoms with E-state index < -0.39 is 4.92 Å². The van der Waals surface area contributed by atoms with Crippen LogP contribution in [-0.2, 0) is 6.42 Å². The first-order valence-corrected chi connectivity index (χ1v) is 8.55. The summed E-state index contributed by atoms with van der Waals surface area (Å²) in [5.74, 6) is 0.0673. The van der Waals surface area contributed by atoms with Gasteiger partial charge in [-0.15, -0.1) is 0 Å². The van der Waals surface area contributed by atoms with E-state index in [9.17, 15) is 15.2 Å². The van der Waals surface area contributed by atoms with Crippen molar-refractivity contribution in [2.75, 3.05) is 17.7 Å². The van der Waals surface area contributed by atoms with E-state index in [4.69, 9.17) is 40.2 Å². The van der Waals surface area contributed by atoms with Crippen LogP contribution in [0.5, 0.6) is 11.5 Å². The second kappa shape index (κ2) is 8.39. The Kier molecular flexibility index (Phi) is 6.47. The molecule has 0 atom stereocenters. The minimum absolute atomic E-state index is 0.113. The number of halogens is 2. The number of aromatic hydroxyl groups is 1. The maximum absolute atomic E-state index is 10.8. The van der Waals surface area contributed by atoms with Crippen molar-refractivity contribution in [2.45, 2.75) is 13.3 Å². The molecule has 10 heteroatoms. The second-order valence-electron chi connectivity index (χ2n) is 5.12. The minimum atomic E-state index is -0.528. The highest BCUT2D eigenvalue weighted by molar-refractivity contribution is 7.80. The zero-order valence-corrected chi connectivity index (χ0v) is 16.1. The number of nitrogens with zero attached hydrogens (tertiary/aromatic N) is 1. The quantitative estimate of drug-likeness (QED) is 0.274. The maximum atomic E-state index is 10.8. The van der Waals surface area contributed by atoms with Crippen molar-refractivity contribution in [2.24, 2.45) is 0 Å². The molecule has 0 saturated heterocycles. The van der Waals surface area contributed by atoms with Crippen molar-refractivity contribution in [1.82, 2.24) is 0 Å². The van der Waals surface area contributed by atoms with Gasteiger partial charge < -0.3 is 20.5 Å². The topological polar surface area (TPSA) is 96.7 Å². The zero-order valence-electron chi connectivity index (χ0n) is 13.8. The summed E-state index contributed by atoms with van der Waals surface area (Å²) in [6, 6.07) is 5.56. The average Bonchev–Trinajstić information content (AvgIpc) is 2.60. The fraction of sp³-hybridized carbons (Fsp3) is 0.188. The molecule has 7 nitrogen and oxygen atoms in total. The molecule has 2 aromatic rings. The van der Waals surface area contributed by atoms with Crippen LogP contribution in [-0.4, -0.2) is 22.3 Å². The fourth-order valence-corrected chi connectivity index (χ4v) is 3.18. The Labute approximate surface area is 165 Å². The van der Waals surface area contributed by atoms with Crippen molar-refractivity contribution in [1.29, 1.82) is 0 Å². The molecule has 2 aromatic carbocycles. The minimum Gasteiger partial charge on any atom is -0.504 e. The SMILES string of the molecule is CCc1c(Cl)cc(NC(=S)Nc2ccc([N+](=O)[O-])cc2OC)c(O)c1Cl. The number of benzene rings is 2.